The minimum Gasteiger partial charge on any atom is -0.392 e. The van der Waals surface area contributed by atoms with Gasteiger partial charge in [0, 0.05) is 57.8 Å². The smallest absolute Gasteiger partial charge is 0.241 e. The Labute approximate surface area is 371 Å². The van der Waals surface area contributed by atoms with Crippen LogP contribution >= 0.6 is 0 Å². The van der Waals surface area contributed by atoms with Gasteiger partial charge in [0.2, 0.25) is 15.9 Å². The number of amides is 1. The van der Waals surface area contributed by atoms with Gasteiger partial charge in [-0.05, 0) is 64.4 Å². The van der Waals surface area contributed by atoms with Crippen molar-refractivity contribution in [1.82, 2.24) is 19.8 Å². The Morgan fingerprint density at radius 1 is 0.698 bits per heavy atom. The van der Waals surface area contributed by atoms with E-state index in [1.54, 1.807) is 24.3 Å². The number of nitrogens with zero attached hydrogens (tertiary/aromatic N) is 2. The van der Waals surface area contributed by atoms with Crippen LogP contribution in [0.1, 0.15) is 57.8 Å². The van der Waals surface area contributed by atoms with Crippen molar-refractivity contribution in [2.45, 2.75) is 68.9 Å². The number of rotatable bonds is 16. The third-order valence-corrected chi connectivity index (χ3v) is 13.5. The van der Waals surface area contributed by atoms with E-state index in [0.717, 1.165) is 90.2 Å². The Hall–Kier alpha value is -5.50. The summed E-state index contributed by atoms with van der Waals surface area (Å²) in [6, 6.07) is 49.6. The van der Waals surface area contributed by atoms with E-state index in [0.29, 0.717) is 0 Å². The van der Waals surface area contributed by atoms with Crippen LogP contribution in [0.4, 0.5) is 0 Å². The molecule has 326 valence electrons. The summed E-state index contributed by atoms with van der Waals surface area (Å²) in [5, 5.41) is 12.7. The summed E-state index contributed by atoms with van der Waals surface area (Å²) in [6.45, 7) is 7.79. The fraction of sp³-hybridized carbons (Fsp3) is 0.288. The molecule has 0 aliphatic carbocycles. The molecule has 2 aliphatic heterocycles. The predicted octanol–water partition coefficient (Wildman–Crippen LogP) is 7.72. The molecule has 2 saturated heterocycles. The molecule has 0 spiro atoms. The van der Waals surface area contributed by atoms with Crippen LogP contribution in [0.25, 0.3) is 11.1 Å². The summed E-state index contributed by atoms with van der Waals surface area (Å²) in [6.07, 6.45) is 0.0861. The zero-order valence-corrected chi connectivity index (χ0v) is 36.5. The Morgan fingerprint density at radius 3 is 2.00 bits per heavy atom. The molecule has 0 saturated carbocycles. The first-order valence-electron chi connectivity index (χ1n) is 21.8. The summed E-state index contributed by atoms with van der Waals surface area (Å²) in [4.78, 5) is 19.0. The van der Waals surface area contributed by atoms with Crippen molar-refractivity contribution in [2.24, 2.45) is 0 Å². The van der Waals surface area contributed by atoms with Crippen LogP contribution in [-0.4, -0.2) is 74.1 Å². The lowest BCUT2D eigenvalue weighted by molar-refractivity contribution is -0.253. The van der Waals surface area contributed by atoms with Crippen LogP contribution < -0.4 is 10.0 Å². The molecular weight excluding hydrogens is 809 g/mol. The maximum atomic E-state index is 13.9. The number of aryl methyl sites for hydroxylation is 1. The lowest BCUT2D eigenvalue weighted by Gasteiger charge is -2.40. The Balaban J connectivity index is 0.950. The molecule has 0 unspecified atom stereocenters. The number of benzene rings is 6. The minimum absolute atomic E-state index is 0.0108. The van der Waals surface area contributed by atoms with Gasteiger partial charge in [0.05, 0.1) is 23.7 Å². The highest BCUT2D eigenvalue weighted by Gasteiger charge is 2.34. The zero-order chi connectivity index (χ0) is 43.6. The second-order valence-electron chi connectivity index (χ2n) is 16.6. The van der Waals surface area contributed by atoms with Crippen LogP contribution in [0.15, 0.2) is 163 Å². The van der Waals surface area contributed by atoms with Crippen molar-refractivity contribution in [3.8, 4) is 11.1 Å². The lowest BCUT2D eigenvalue weighted by atomic mass is 9.97. The molecule has 2 fully saturated rings. The van der Waals surface area contributed by atoms with Crippen molar-refractivity contribution in [1.29, 1.82) is 0 Å². The molecular formula is C52H56N4O6S. The van der Waals surface area contributed by atoms with Crippen molar-refractivity contribution < 1.29 is 27.8 Å². The number of hydrogen-bond acceptors (Lipinski definition) is 8. The number of carbonyl (C=O) groups is 1. The predicted molar refractivity (Wildman–Crippen MR) is 246 cm³/mol. The molecule has 2 heterocycles. The average Bonchev–Trinajstić information content (AvgIpc) is 3.32. The van der Waals surface area contributed by atoms with E-state index in [1.807, 2.05) is 97.9 Å². The SMILES string of the molecule is Cc1ccc(S(=O)(=O)N[C@H](Cc2ccccc2)C(=O)NCc2ccccc2-c2ccc([C@@H]3O[C@H](CN4CCN(Cc5ccccc5)CC4)C[C@H](c4ccc(CO)cc4)O3)cc2)cc1. The molecule has 63 heavy (non-hydrogen) atoms. The third kappa shape index (κ3) is 11.8. The molecule has 0 aromatic heterocycles. The van der Waals surface area contributed by atoms with Crippen LogP contribution in [0, 0.1) is 6.92 Å². The quantitative estimate of drug-likeness (QED) is 0.0906. The van der Waals surface area contributed by atoms with E-state index in [9.17, 15) is 18.3 Å². The van der Waals surface area contributed by atoms with Gasteiger partial charge in [-0.15, -0.1) is 0 Å². The van der Waals surface area contributed by atoms with Gasteiger partial charge < -0.3 is 19.9 Å². The van der Waals surface area contributed by atoms with Crippen molar-refractivity contribution in [2.75, 3.05) is 32.7 Å². The van der Waals surface area contributed by atoms with Crippen molar-refractivity contribution in [3.63, 3.8) is 0 Å². The number of piperazine rings is 1. The molecule has 6 aromatic carbocycles. The Bertz CT molecular complexity index is 2500. The molecule has 0 radical (unpaired) electrons. The first-order chi connectivity index (χ1) is 30.7. The van der Waals surface area contributed by atoms with E-state index >= 15 is 0 Å². The summed E-state index contributed by atoms with van der Waals surface area (Å²) < 4.78 is 43.0. The number of carbonyl (C=O) groups excluding carboxylic acids is 1. The molecule has 2 aliphatic rings. The van der Waals surface area contributed by atoms with E-state index < -0.39 is 28.3 Å². The van der Waals surface area contributed by atoms with Crippen LogP contribution in [-0.2, 0) is 50.4 Å². The molecule has 4 atom stereocenters. The molecule has 1 amide bonds. The van der Waals surface area contributed by atoms with E-state index in [4.69, 9.17) is 9.47 Å². The van der Waals surface area contributed by atoms with Crippen molar-refractivity contribution in [3.05, 3.63) is 197 Å². The fourth-order valence-electron chi connectivity index (χ4n) is 8.38. The average molecular weight is 865 g/mol. The van der Waals surface area contributed by atoms with Crippen LogP contribution in [0.2, 0.25) is 0 Å². The highest BCUT2D eigenvalue weighted by Crippen LogP contribution is 2.39. The largest absolute Gasteiger partial charge is 0.392 e. The molecule has 10 nitrogen and oxygen atoms in total. The molecule has 3 N–H and O–H groups in total. The normalized spacial score (nSPS) is 19.0. The van der Waals surface area contributed by atoms with E-state index in [1.165, 1.54) is 5.56 Å². The molecule has 0 bridgehead atoms. The van der Waals surface area contributed by atoms with Gasteiger partial charge in [-0.3, -0.25) is 14.6 Å². The standard InChI is InChI=1S/C52H56N4O6S/c1-38-16-26-47(27-17-38)63(59,60)54-49(32-39-10-4-2-5-11-39)51(58)53-34-45-14-8-9-15-48(45)42-22-24-44(25-23-42)52-61-46(33-50(62-52)43-20-18-41(37-57)19-21-43)36-56-30-28-55(29-31-56)35-40-12-6-3-7-13-40/h2-27,46,49-50,52,54,57H,28-37H2,1H3,(H,53,58)/t46-,49+,50+,52+/m0/s1. The van der Waals surface area contributed by atoms with E-state index in [-0.39, 0.29) is 36.7 Å². The molecule has 8 rings (SSSR count). The number of sulfonamides is 1. The number of aliphatic hydroxyl groups is 1. The summed E-state index contributed by atoms with van der Waals surface area (Å²) in [7, 11) is -3.98. The second-order valence-corrected chi connectivity index (χ2v) is 18.3. The van der Waals surface area contributed by atoms with Gasteiger partial charge in [0.25, 0.3) is 0 Å². The number of ether oxygens (including phenoxy) is 2. The van der Waals surface area contributed by atoms with Gasteiger partial charge in [-0.2, -0.15) is 4.72 Å². The third-order valence-electron chi connectivity index (χ3n) is 12.0. The second kappa shape index (κ2) is 20.8. The van der Waals surface area contributed by atoms with Crippen LogP contribution in [0.3, 0.4) is 0 Å². The zero-order valence-electron chi connectivity index (χ0n) is 35.7. The maximum absolute atomic E-state index is 13.9. The maximum Gasteiger partial charge on any atom is 0.241 e. The first kappa shape index (κ1) is 44.1. The molecule has 6 aromatic rings. The topological polar surface area (TPSA) is 120 Å². The van der Waals surface area contributed by atoms with E-state index in [2.05, 4.69) is 62.3 Å². The van der Waals surface area contributed by atoms with Crippen molar-refractivity contribution >= 4 is 15.9 Å². The number of hydrogen-bond donors (Lipinski definition) is 3. The minimum atomic E-state index is -3.98. The Kier molecular flexibility index (Phi) is 14.6. The van der Waals surface area contributed by atoms with Gasteiger partial charge >= 0.3 is 0 Å². The number of aliphatic hydroxyl groups excluding tert-OH is 1. The van der Waals surface area contributed by atoms with Gasteiger partial charge in [0.15, 0.2) is 6.29 Å². The Morgan fingerprint density at radius 2 is 1.32 bits per heavy atom. The summed E-state index contributed by atoms with van der Waals surface area (Å²) >= 11 is 0. The highest BCUT2D eigenvalue weighted by molar-refractivity contribution is 7.89. The summed E-state index contributed by atoms with van der Waals surface area (Å²) in [5.74, 6) is -0.421. The van der Waals surface area contributed by atoms with Crippen LogP contribution in [0.5, 0.6) is 0 Å². The first-order valence-corrected chi connectivity index (χ1v) is 23.3. The fourth-order valence-corrected chi connectivity index (χ4v) is 9.58. The monoisotopic (exact) mass is 864 g/mol. The van der Waals surface area contributed by atoms with Gasteiger partial charge in [0.1, 0.15) is 6.04 Å². The van der Waals surface area contributed by atoms with Gasteiger partial charge in [-0.1, -0.05) is 151 Å². The number of nitrogens with one attached hydrogen (secondary N) is 2. The lowest BCUT2D eigenvalue weighted by Crippen LogP contribution is -2.49. The highest BCUT2D eigenvalue weighted by atomic mass is 32.2. The van der Waals surface area contributed by atoms with Gasteiger partial charge in [-0.25, -0.2) is 8.42 Å². The summed E-state index contributed by atoms with van der Waals surface area (Å²) in [5.41, 5.74) is 8.73. The molecule has 11 heteroatoms.